The number of aromatic nitrogens is 2. The Kier molecular flexibility index (Phi) is 5.39. The number of nitrogens with zero attached hydrogens (tertiary/aromatic N) is 3. The number of ether oxygens (including phenoxy) is 1. The summed E-state index contributed by atoms with van der Waals surface area (Å²) in [6, 6.07) is 11.4. The first-order valence-corrected chi connectivity index (χ1v) is 11.2. The molecule has 0 radical (unpaired) electrons. The Morgan fingerprint density at radius 3 is 2.88 bits per heavy atom. The smallest absolute Gasteiger partial charge is 0.258 e. The number of carbonyl (C=O) groups excluding carboxylic acids is 1. The third-order valence-electron chi connectivity index (χ3n) is 6.09. The minimum atomic E-state index is -0.0399. The maximum Gasteiger partial charge on any atom is 0.258 e. The molecule has 0 bridgehead atoms. The SMILES string of the molecule is CC(C)Oc1ccc(-c2nc(-c3cccc4c3C[C@@H]3CC(=O)N(CCO)[C@H]43)no2)cc1Cl. The fourth-order valence-electron chi connectivity index (χ4n) is 4.85. The number of amides is 1. The third-order valence-corrected chi connectivity index (χ3v) is 6.38. The molecule has 5 rings (SSSR count). The molecule has 2 aliphatic rings. The van der Waals surface area contributed by atoms with Crippen molar-refractivity contribution in [2.75, 3.05) is 13.2 Å². The first kappa shape index (κ1) is 21.0. The maximum atomic E-state index is 12.4. The van der Waals surface area contributed by atoms with Crippen molar-refractivity contribution in [2.45, 2.75) is 38.8 Å². The van der Waals surface area contributed by atoms with E-state index in [0.717, 1.165) is 23.1 Å². The van der Waals surface area contributed by atoms with E-state index in [0.29, 0.717) is 41.0 Å². The van der Waals surface area contributed by atoms with Crippen molar-refractivity contribution in [3.63, 3.8) is 0 Å². The van der Waals surface area contributed by atoms with Crippen LogP contribution >= 0.6 is 11.6 Å². The second-order valence-electron chi connectivity index (χ2n) is 8.53. The molecule has 1 fully saturated rings. The van der Waals surface area contributed by atoms with E-state index in [2.05, 4.69) is 16.2 Å². The third kappa shape index (κ3) is 3.55. The molecule has 2 aromatic carbocycles. The monoisotopic (exact) mass is 453 g/mol. The number of aliphatic hydroxyl groups excluding tert-OH is 1. The van der Waals surface area contributed by atoms with E-state index in [-0.39, 0.29) is 30.6 Å². The Morgan fingerprint density at radius 1 is 1.28 bits per heavy atom. The molecular formula is C24H24ClN3O4. The Morgan fingerprint density at radius 2 is 2.12 bits per heavy atom. The van der Waals surface area contributed by atoms with Crippen LogP contribution < -0.4 is 4.74 Å². The van der Waals surface area contributed by atoms with Gasteiger partial charge in [0.15, 0.2) is 0 Å². The number of benzene rings is 2. The number of aliphatic hydroxyl groups is 1. The highest BCUT2D eigenvalue weighted by atomic mass is 35.5. The molecule has 0 saturated carbocycles. The summed E-state index contributed by atoms with van der Waals surface area (Å²) < 4.78 is 11.2. The minimum absolute atomic E-state index is 0.00304. The van der Waals surface area contributed by atoms with Crippen LogP contribution in [0.3, 0.4) is 0 Å². The molecule has 0 unspecified atom stereocenters. The first-order chi connectivity index (χ1) is 15.5. The Bertz CT molecular complexity index is 1180. The zero-order valence-electron chi connectivity index (χ0n) is 17.9. The van der Waals surface area contributed by atoms with Crippen LogP contribution in [0, 0.1) is 5.92 Å². The fraction of sp³-hybridized carbons (Fsp3) is 0.375. The molecule has 166 valence electrons. The van der Waals surface area contributed by atoms with Crippen LogP contribution in [-0.4, -0.2) is 45.3 Å². The summed E-state index contributed by atoms with van der Waals surface area (Å²) in [6.45, 7) is 4.20. The van der Waals surface area contributed by atoms with Crippen molar-refractivity contribution in [1.82, 2.24) is 15.0 Å². The lowest BCUT2D eigenvalue weighted by molar-refractivity contribution is -0.129. The molecule has 8 heteroatoms. The molecule has 32 heavy (non-hydrogen) atoms. The van der Waals surface area contributed by atoms with Crippen LogP contribution in [0.4, 0.5) is 0 Å². The topological polar surface area (TPSA) is 88.7 Å². The van der Waals surface area contributed by atoms with E-state index in [1.165, 1.54) is 0 Å². The van der Waals surface area contributed by atoms with E-state index < -0.39 is 0 Å². The highest BCUT2D eigenvalue weighted by molar-refractivity contribution is 6.32. The lowest BCUT2D eigenvalue weighted by atomic mass is 10.0. The summed E-state index contributed by atoms with van der Waals surface area (Å²) in [7, 11) is 0. The lowest BCUT2D eigenvalue weighted by Gasteiger charge is -2.24. The molecule has 1 saturated heterocycles. The Labute approximate surface area is 191 Å². The minimum Gasteiger partial charge on any atom is -0.489 e. The van der Waals surface area contributed by atoms with E-state index in [9.17, 15) is 9.90 Å². The van der Waals surface area contributed by atoms with E-state index in [1.54, 1.807) is 17.0 Å². The van der Waals surface area contributed by atoms with Crippen LogP contribution in [0.5, 0.6) is 5.75 Å². The molecule has 0 spiro atoms. The largest absolute Gasteiger partial charge is 0.489 e. The zero-order chi connectivity index (χ0) is 22.4. The molecule has 1 aliphatic carbocycles. The predicted molar refractivity (Wildman–Crippen MR) is 119 cm³/mol. The molecule has 3 aromatic rings. The van der Waals surface area contributed by atoms with Gasteiger partial charge in [-0.25, -0.2) is 0 Å². The number of β-amino-alcohol motifs (C(OH)–C–C–N with tert-alkyl or cyclic N) is 1. The molecule has 1 amide bonds. The van der Waals surface area contributed by atoms with Gasteiger partial charge in [0.25, 0.3) is 5.89 Å². The van der Waals surface area contributed by atoms with Crippen molar-refractivity contribution in [2.24, 2.45) is 5.92 Å². The van der Waals surface area contributed by atoms with E-state index >= 15 is 0 Å². The number of hydrogen-bond acceptors (Lipinski definition) is 6. The molecular weight excluding hydrogens is 430 g/mol. The molecule has 7 nitrogen and oxygen atoms in total. The van der Waals surface area contributed by atoms with E-state index in [4.69, 9.17) is 20.9 Å². The van der Waals surface area contributed by atoms with E-state index in [1.807, 2.05) is 32.0 Å². The van der Waals surface area contributed by atoms with Gasteiger partial charge in [0.1, 0.15) is 5.75 Å². The van der Waals surface area contributed by atoms with Gasteiger partial charge in [-0.2, -0.15) is 4.98 Å². The van der Waals surface area contributed by atoms with Crippen LogP contribution in [-0.2, 0) is 11.2 Å². The molecule has 1 N–H and O–H groups in total. The second-order valence-corrected chi connectivity index (χ2v) is 8.94. The average Bonchev–Trinajstić information content (AvgIpc) is 3.44. The Hall–Kier alpha value is -2.90. The lowest BCUT2D eigenvalue weighted by Crippen LogP contribution is -2.30. The van der Waals surface area contributed by atoms with Gasteiger partial charge in [0.05, 0.1) is 23.8 Å². The number of likely N-dealkylation sites (tertiary alicyclic amines) is 1. The average molecular weight is 454 g/mol. The number of rotatable bonds is 6. The summed E-state index contributed by atoms with van der Waals surface area (Å²) in [6.07, 6.45) is 1.30. The van der Waals surface area contributed by atoms with Gasteiger partial charge in [-0.3, -0.25) is 4.79 Å². The zero-order valence-corrected chi connectivity index (χ0v) is 18.7. The molecule has 1 aromatic heterocycles. The van der Waals surface area contributed by atoms with Gasteiger partial charge < -0.3 is 19.3 Å². The highest BCUT2D eigenvalue weighted by Gasteiger charge is 2.46. The van der Waals surface area contributed by atoms with Crippen LogP contribution in [0.15, 0.2) is 40.9 Å². The van der Waals surface area contributed by atoms with Gasteiger partial charge in [-0.05, 0) is 55.5 Å². The molecule has 2 heterocycles. The molecule has 1 aliphatic heterocycles. The van der Waals surface area contributed by atoms with Gasteiger partial charge in [-0.15, -0.1) is 0 Å². The van der Waals surface area contributed by atoms with Crippen molar-refractivity contribution < 1.29 is 19.2 Å². The second kappa shape index (κ2) is 8.22. The van der Waals surface area contributed by atoms with Crippen LogP contribution in [0.2, 0.25) is 5.02 Å². The van der Waals surface area contributed by atoms with Crippen LogP contribution in [0.1, 0.15) is 37.4 Å². The standard InChI is InChI=1S/C24H24ClN3O4/c1-13(2)31-20-7-6-14(11-19(20)25)24-26-23(27-32-24)17-5-3-4-16-18(17)10-15-12-21(30)28(8-9-29)22(15)16/h3-7,11,13,15,22,29H,8-10,12H2,1-2H3/t15-,22+/m1/s1. The number of carbonyl (C=O) groups is 1. The van der Waals surface area contributed by atoms with Crippen molar-refractivity contribution >= 4 is 17.5 Å². The predicted octanol–water partition coefficient (Wildman–Crippen LogP) is 4.28. The summed E-state index contributed by atoms with van der Waals surface area (Å²) >= 11 is 6.36. The first-order valence-electron chi connectivity index (χ1n) is 10.8. The summed E-state index contributed by atoms with van der Waals surface area (Å²) in [5.41, 5.74) is 3.88. The molecule has 2 atom stereocenters. The summed E-state index contributed by atoms with van der Waals surface area (Å²) in [5, 5.41) is 14.1. The van der Waals surface area contributed by atoms with Gasteiger partial charge in [0, 0.05) is 24.1 Å². The van der Waals surface area contributed by atoms with Gasteiger partial charge >= 0.3 is 0 Å². The summed E-state index contributed by atoms with van der Waals surface area (Å²) in [4.78, 5) is 18.8. The fourth-order valence-corrected chi connectivity index (χ4v) is 5.08. The Balaban J connectivity index is 1.46. The number of halogens is 1. The maximum absolute atomic E-state index is 12.4. The number of fused-ring (bicyclic) bond motifs is 3. The van der Waals surface area contributed by atoms with Gasteiger partial charge in [0.2, 0.25) is 11.7 Å². The van der Waals surface area contributed by atoms with Crippen molar-refractivity contribution in [1.29, 1.82) is 0 Å². The van der Waals surface area contributed by atoms with Crippen LogP contribution in [0.25, 0.3) is 22.8 Å². The normalized spacial score (nSPS) is 19.5. The highest BCUT2D eigenvalue weighted by Crippen LogP contribution is 2.49. The van der Waals surface area contributed by atoms with Gasteiger partial charge in [-0.1, -0.05) is 35.0 Å². The van der Waals surface area contributed by atoms with Crippen molar-refractivity contribution in [3.05, 3.63) is 52.5 Å². The number of hydrogen-bond donors (Lipinski definition) is 1. The summed E-state index contributed by atoms with van der Waals surface area (Å²) in [5.74, 6) is 1.82. The van der Waals surface area contributed by atoms with Crippen molar-refractivity contribution in [3.8, 4) is 28.6 Å². The quantitative estimate of drug-likeness (QED) is 0.599.